The van der Waals surface area contributed by atoms with Crippen LogP contribution in [0.4, 0.5) is 0 Å². The van der Waals surface area contributed by atoms with Crippen LogP contribution >= 0.6 is 0 Å². The largest absolute Gasteiger partial charge is 0.393 e. The van der Waals surface area contributed by atoms with Crippen LogP contribution in [-0.4, -0.2) is 22.4 Å². The molecule has 188 valence electrons. The molecular formula is C31H52O2. The van der Waals surface area contributed by atoms with Gasteiger partial charge >= 0.3 is 0 Å². The molecule has 0 saturated heterocycles. The average Bonchev–Trinajstić information content (AvgIpc) is 3.02. The van der Waals surface area contributed by atoms with Crippen molar-refractivity contribution >= 4 is 0 Å². The Labute approximate surface area is 204 Å². The number of rotatable bonds is 5. The Morgan fingerprint density at radius 2 is 1.61 bits per heavy atom. The monoisotopic (exact) mass is 456 g/mol. The molecule has 2 N–H and O–H groups in total. The molecule has 0 radical (unpaired) electrons. The highest BCUT2D eigenvalue weighted by molar-refractivity contribution is 5.38. The summed E-state index contributed by atoms with van der Waals surface area (Å²) in [6.45, 7) is 23.3. The molecule has 0 spiro atoms. The number of hydrogen-bond acceptors (Lipinski definition) is 2. The highest BCUT2D eigenvalue weighted by atomic mass is 16.3. The predicted molar refractivity (Wildman–Crippen MR) is 139 cm³/mol. The Kier molecular flexibility index (Phi) is 6.35. The number of allylic oxidation sites excluding steroid dienone is 2. The maximum Gasteiger partial charge on any atom is 0.0605 e. The fourth-order valence-corrected chi connectivity index (χ4v) is 9.52. The molecule has 0 bridgehead atoms. The van der Waals surface area contributed by atoms with Crippen LogP contribution in [0, 0.1) is 45.3 Å². The van der Waals surface area contributed by atoms with Gasteiger partial charge in [-0.3, -0.25) is 0 Å². The molecule has 0 aromatic carbocycles. The zero-order chi connectivity index (χ0) is 24.6. The molecule has 4 aliphatic carbocycles. The highest BCUT2D eigenvalue weighted by Crippen LogP contribution is 2.72. The van der Waals surface area contributed by atoms with Gasteiger partial charge in [0.05, 0.1) is 12.2 Å². The van der Waals surface area contributed by atoms with Gasteiger partial charge in [0.1, 0.15) is 0 Å². The molecule has 2 fully saturated rings. The van der Waals surface area contributed by atoms with Gasteiger partial charge in [-0.25, -0.2) is 0 Å². The summed E-state index contributed by atoms with van der Waals surface area (Å²) in [4.78, 5) is 0. The third-order valence-electron chi connectivity index (χ3n) is 12.3. The smallest absolute Gasteiger partial charge is 0.0605 e. The Balaban J connectivity index is 1.65. The maximum atomic E-state index is 11.2. The van der Waals surface area contributed by atoms with Gasteiger partial charge in [-0.15, -0.1) is 0 Å². The predicted octanol–water partition coefficient (Wildman–Crippen LogP) is 7.70. The van der Waals surface area contributed by atoms with E-state index in [1.54, 1.807) is 11.1 Å². The van der Waals surface area contributed by atoms with Crippen molar-refractivity contribution in [1.82, 2.24) is 0 Å². The minimum absolute atomic E-state index is 0.00281. The zero-order valence-electron chi connectivity index (χ0n) is 22.9. The van der Waals surface area contributed by atoms with Crippen LogP contribution in [-0.2, 0) is 0 Å². The lowest BCUT2D eigenvalue weighted by Gasteiger charge is -2.62. The maximum absolute atomic E-state index is 11.2. The second-order valence-electron chi connectivity index (χ2n) is 14.2. The molecular weight excluding hydrogens is 404 g/mol. The van der Waals surface area contributed by atoms with Crippen molar-refractivity contribution in [2.45, 2.75) is 125 Å². The summed E-state index contributed by atoms with van der Waals surface area (Å²) in [5, 5.41) is 22.0. The number of fused-ring (bicyclic) bond motifs is 4. The van der Waals surface area contributed by atoms with Crippen molar-refractivity contribution in [2.75, 3.05) is 0 Å². The van der Waals surface area contributed by atoms with Crippen LogP contribution < -0.4 is 0 Å². The van der Waals surface area contributed by atoms with E-state index in [1.165, 1.54) is 44.1 Å². The SMILES string of the molecule is C=C(CC(O)C(C)C1CCC2(C)C3=C(CCC12C)C1(C)CCC(O)C(C)(C)C1CC3)C(C)C. The van der Waals surface area contributed by atoms with Gasteiger partial charge in [-0.05, 0) is 103 Å². The Hall–Kier alpha value is -0.600. The summed E-state index contributed by atoms with van der Waals surface area (Å²) in [6.07, 6.45) is 9.79. The van der Waals surface area contributed by atoms with Crippen molar-refractivity contribution in [2.24, 2.45) is 45.3 Å². The fourth-order valence-electron chi connectivity index (χ4n) is 9.52. The van der Waals surface area contributed by atoms with Gasteiger partial charge in [0, 0.05) is 0 Å². The third-order valence-corrected chi connectivity index (χ3v) is 12.3. The topological polar surface area (TPSA) is 40.5 Å². The first-order valence-electron chi connectivity index (χ1n) is 14.0. The Bertz CT molecular complexity index is 821. The van der Waals surface area contributed by atoms with E-state index in [-0.39, 0.29) is 33.9 Å². The van der Waals surface area contributed by atoms with Crippen LogP contribution in [0.2, 0.25) is 0 Å². The molecule has 8 atom stereocenters. The standard InChI is InChI=1S/C31H52O2/c1-19(2)20(3)18-25(32)21(4)22-12-16-31(9)24-10-11-26-28(5,6)27(33)14-15-29(26,7)23(24)13-17-30(22,31)8/h19,21-22,25-27,32-33H,3,10-18H2,1-2,4-9H3. The normalized spacial score (nSPS) is 44.2. The molecule has 0 heterocycles. The van der Waals surface area contributed by atoms with E-state index < -0.39 is 0 Å². The zero-order valence-corrected chi connectivity index (χ0v) is 22.9. The lowest BCUT2D eigenvalue weighted by molar-refractivity contribution is -0.0970. The van der Waals surface area contributed by atoms with Crippen molar-refractivity contribution in [3.05, 3.63) is 23.3 Å². The van der Waals surface area contributed by atoms with Crippen LogP contribution in [0.5, 0.6) is 0 Å². The number of aliphatic hydroxyl groups excluding tert-OH is 2. The summed E-state index contributed by atoms with van der Waals surface area (Å²) >= 11 is 0. The van der Waals surface area contributed by atoms with Gasteiger partial charge < -0.3 is 10.2 Å². The first-order valence-corrected chi connectivity index (χ1v) is 14.0. The molecule has 0 aromatic rings. The molecule has 0 aliphatic heterocycles. The molecule has 2 saturated carbocycles. The minimum Gasteiger partial charge on any atom is -0.393 e. The van der Waals surface area contributed by atoms with Gasteiger partial charge in [0.15, 0.2) is 0 Å². The summed E-state index contributed by atoms with van der Waals surface area (Å²) in [6, 6.07) is 0. The van der Waals surface area contributed by atoms with Crippen LogP contribution in [0.15, 0.2) is 23.3 Å². The second kappa shape index (κ2) is 8.22. The molecule has 4 rings (SSSR count). The first-order chi connectivity index (χ1) is 15.2. The summed E-state index contributed by atoms with van der Waals surface area (Å²) < 4.78 is 0. The van der Waals surface area contributed by atoms with Gasteiger partial charge in [0.25, 0.3) is 0 Å². The van der Waals surface area contributed by atoms with Crippen LogP contribution in [0.3, 0.4) is 0 Å². The van der Waals surface area contributed by atoms with Gasteiger partial charge in [-0.1, -0.05) is 78.7 Å². The van der Waals surface area contributed by atoms with Crippen molar-refractivity contribution in [1.29, 1.82) is 0 Å². The molecule has 8 unspecified atom stereocenters. The van der Waals surface area contributed by atoms with E-state index in [9.17, 15) is 10.2 Å². The first kappa shape index (κ1) is 25.5. The highest BCUT2D eigenvalue weighted by Gasteiger charge is 2.63. The van der Waals surface area contributed by atoms with Crippen molar-refractivity contribution in [3.63, 3.8) is 0 Å². The molecule has 0 amide bonds. The summed E-state index contributed by atoms with van der Waals surface area (Å²) in [5.41, 5.74) is 5.52. The van der Waals surface area contributed by atoms with E-state index in [1.807, 2.05) is 0 Å². The second-order valence-corrected chi connectivity index (χ2v) is 14.2. The van der Waals surface area contributed by atoms with Crippen molar-refractivity contribution in [3.8, 4) is 0 Å². The Morgan fingerprint density at radius 3 is 2.24 bits per heavy atom. The van der Waals surface area contributed by atoms with E-state index in [4.69, 9.17) is 0 Å². The minimum atomic E-state index is -0.284. The third kappa shape index (κ3) is 3.55. The van der Waals surface area contributed by atoms with Crippen LogP contribution in [0.25, 0.3) is 0 Å². The summed E-state index contributed by atoms with van der Waals surface area (Å²) in [5.74, 6) is 1.90. The van der Waals surface area contributed by atoms with Crippen LogP contribution in [0.1, 0.15) is 113 Å². The molecule has 2 nitrogen and oxygen atoms in total. The number of aliphatic hydroxyl groups is 2. The van der Waals surface area contributed by atoms with E-state index in [2.05, 4.69) is 62.0 Å². The number of hydrogen-bond donors (Lipinski definition) is 2. The van der Waals surface area contributed by atoms with E-state index in [0.717, 1.165) is 19.3 Å². The average molecular weight is 457 g/mol. The fraction of sp³-hybridized carbons (Fsp3) is 0.871. The molecule has 33 heavy (non-hydrogen) atoms. The lowest BCUT2D eigenvalue weighted by Crippen LogP contribution is -2.55. The molecule has 2 heteroatoms. The van der Waals surface area contributed by atoms with Gasteiger partial charge in [0.2, 0.25) is 0 Å². The molecule has 4 aliphatic rings. The Morgan fingerprint density at radius 1 is 0.939 bits per heavy atom. The van der Waals surface area contributed by atoms with Crippen molar-refractivity contribution < 1.29 is 10.2 Å². The lowest BCUT2D eigenvalue weighted by atomic mass is 9.43. The quantitative estimate of drug-likeness (QED) is 0.416. The summed E-state index contributed by atoms with van der Waals surface area (Å²) in [7, 11) is 0. The van der Waals surface area contributed by atoms with E-state index >= 15 is 0 Å². The molecule has 0 aromatic heterocycles. The van der Waals surface area contributed by atoms with E-state index in [0.29, 0.717) is 23.7 Å². The van der Waals surface area contributed by atoms with Gasteiger partial charge in [-0.2, -0.15) is 0 Å².